The molecule has 5 heteroatoms. The summed E-state index contributed by atoms with van der Waals surface area (Å²) < 4.78 is 13.9. The Hall–Kier alpha value is -1.62. The van der Waals surface area contributed by atoms with Crippen LogP contribution in [0.25, 0.3) is 0 Å². The molecule has 0 atom stereocenters. The first kappa shape index (κ1) is 15.4. The fourth-order valence-corrected chi connectivity index (χ4v) is 1.95. The van der Waals surface area contributed by atoms with Crippen LogP contribution in [0.5, 0.6) is 0 Å². The van der Waals surface area contributed by atoms with E-state index in [0.29, 0.717) is 25.3 Å². The Labute approximate surface area is 114 Å². The number of rotatable bonds is 6. The third-order valence-electron chi connectivity index (χ3n) is 3.15. The topological polar surface area (TPSA) is 49.6 Å². The molecule has 0 fully saturated rings. The molecule has 0 radical (unpaired) electrons. The minimum absolute atomic E-state index is 0.00481. The number of nitrogens with two attached hydrogens (primary N) is 1. The van der Waals surface area contributed by atoms with Gasteiger partial charge in [-0.25, -0.2) is 4.39 Å². The van der Waals surface area contributed by atoms with Crippen LogP contribution in [0.1, 0.15) is 19.4 Å². The van der Waals surface area contributed by atoms with E-state index in [-0.39, 0.29) is 18.3 Å². The summed E-state index contributed by atoms with van der Waals surface area (Å²) in [6, 6.07) is 4.84. The lowest BCUT2D eigenvalue weighted by Crippen LogP contribution is -2.39. The fourth-order valence-electron chi connectivity index (χ4n) is 1.95. The summed E-state index contributed by atoms with van der Waals surface area (Å²) in [5.41, 5.74) is 6.62. The Morgan fingerprint density at radius 1 is 1.32 bits per heavy atom. The molecule has 1 amide bonds. The molecule has 1 aromatic carbocycles. The Morgan fingerprint density at radius 3 is 2.42 bits per heavy atom. The van der Waals surface area contributed by atoms with E-state index in [1.165, 1.54) is 6.07 Å². The normalized spacial score (nSPS) is 10.4. The Morgan fingerprint density at radius 2 is 1.95 bits per heavy atom. The van der Waals surface area contributed by atoms with E-state index in [4.69, 9.17) is 5.73 Å². The molecule has 106 valence electrons. The zero-order chi connectivity index (χ0) is 14.4. The predicted octanol–water partition coefficient (Wildman–Crippen LogP) is 1.59. The van der Waals surface area contributed by atoms with Crippen molar-refractivity contribution in [1.29, 1.82) is 0 Å². The number of benzene rings is 1. The maximum Gasteiger partial charge on any atom is 0.242 e. The number of amides is 1. The molecule has 2 N–H and O–H groups in total. The summed E-state index contributed by atoms with van der Waals surface area (Å²) in [7, 11) is 1.71. The highest BCUT2D eigenvalue weighted by Crippen LogP contribution is 2.19. The molecular formula is C14H22FN3O. The van der Waals surface area contributed by atoms with Crippen LogP contribution in [-0.2, 0) is 11.3 Å². The number of carbonyl (C=O) groups excluding carboxylic acids is 1. The highest BCUT2D eigenvalue weighted by atomic mass is 19.1. The summed E-state index contributed by atoms with van der Waals surface area (Å²) in [4.78, 5) is 15.3. The van der Waals surface area contributed by atoms with E-state index in [9.17, 15) is 9.18 Å². The molecular weight excluding hydrogens is 245 g/mol. The van der Waals surface area contributed by atoms with Crippen molar-refractivity contribution in [2.75, 3.05) is 31.6 Å². The minimum atomic E-state index is -0.349. The second-order valence-electron chi connectivity index (χ2n) is 4.41. The van der Waals surface area contributed by atoms with Crippen molar-refractivity contribution in [1.82, 2.24) is 4.90 Å². The van der Waals surface area contributed by atoms with Crippen LogP contribution in [-0.4, -0.2) is 37.5 Å². The van der Waals surface area contributed by atoms with Crippen molar-refractivity contribution in [3.8, 4) is 0 Å². The van der Waals surface area contributed by atoms with Gasteiger partial charge in [0.25, 0.3) is 0 Å². The van der Waals surface area contributed by atoms with Crippen LogP contribution in [0.15, 0.2) is 18.2 Å². The SMILES string of the molecule is CCN(CC)C(=O)CN(C)c1ccc(CN)cc1F. The van der Waals surface area contributed by atoms with Crippen LogP contribution in [0.3, 0.4) is 0 Å². The van der Waals surface area contributed by atoms with Gasteiger partial charge in [0.2, 0.25) is 5.91 Å². The summed E-state index contributed by atoms with van der Waals surface area (Å²) in [6.45, 7) is 5.66. The van der Waals surface area contributed by atoms with Gasteiger partial charge in [-0.3, -0.25) is 4.79 Å². The van der Waals surface area contributed by atoms with Gasteiger partial charge in [0, 0.05) is 26.7 Å². The molecule has 0 saturated heterocycles. The predicted molar refractivity (Wildman–Crippen MR) is 75.5 cm³/mol. The molecule has 0 aliphatic heterocycles. The summed E-state index contributed by atoms with van der Waals surface area (Å²) in [5, 5.41) is 0. The first-order valence-electron chi connectivity index (χ1n) is 6.50. The van der Waals surface area contributed by atoms with E-state index in [1.807, 2.05) is 13.8 Å². The van der Waals surface area contributed by atoms with Gasteiger partial charge >= 0.3 is 0 Å². The van der Waals surface area contributed by atoms with Crippen LogP contribution >= 0.6 is 0 Å². The van der Waals surface area contributed by atoms with Crippen molar-refractivity contribution in [3.05, 3.63) is 29.6 Å². The second-order valence-corrected chi connectivity index (χ2v) is 4.41. The first-order valence-corrected chi connectivity index (χ1v) is 6.50. The first-order chi connectivity index (χ1) is 9.03. The van der Waals surface area contributed by atoms with Gasteiger partial charge in [-0.05, 0) is 31.5 Å². The average molecular weight is 267 g/mol. The zero-order valence-corrected chi connectivity index (χ0v) is 11.8. The average Bonchev–Trinajstić information content (AvgIpc) is 2.39. The lowest BCUT2D eigenvalue weighted by atomic mass is 10.2. The molecule has 19 heavy (non-hydrogen) atoms. The van der Waals surface area contributed by atoms with E-state index in [2.05, 4.69) is 0 Å². The quantitative estimate of drug-likeness (QED) is 0.851. The number of hydrogen-bond acceptors (Lipinski definition) is 3. The van der Waals surface area contributed by atoms with Crippen LogP contribution in [0, 0.1) is 5.82 Å². The molecule has 0 aliphatic carbocycles. The number of nitrogens with zero attached hydrogens (tertiary/aromatic N) is 2. The molecule has 1 aromatic rings. The Bertz CT molecular complexity index is 433. The van der Waals surface area contributed by atoms with Gasteiger partial charge in [-0.15, -0.1) is 0 Å². The zero-order valence-electron chi connectivity index (χ0n) is 11.8. The summed E-state index contributed by atoms with van der Waals surface area (Å²) in [5.74, 6) is -0.354. The maximum atomic E-state index is 13.9. The van der Waals surface area contributed by atoms with Crippen molar-refractivity contribution < 1.29 is 9.18 Å². The number of halogens is 1. The van der Waals surface area contributed by atoms with Gasteiger partial charge in [0.15, 0.2) is 0 Å². The minimum Gasteiger partial charge on any atom is -0.363 e. The van der Waals surface area contributed by atoms with Gasteiger partial charge in [-0.2, -0.15) is 0 Å². The molecule has 0 spiro atoms. The molecule has 0 saturated carbocycles. The van der Waals surface area contributed by atoms with Crippen molar-refractivity contribution in [2.45, 2.75) is 20.4 Å². The molecule has 4 nitrogen and oxygen atoms in total. The van der Waals surface area contributed by atoms with Gasteiger partial charge in [-0.1, -0.05) is 6.07 Å². The van der Waals surface area contributed by atoms with Crippen LogP contribution in [0.2, 0.25) is 0 Å². The number of likely N-dealkylation sites (N-methyl/N-ethyl adjacent to an activating group) is 2. The van der Waals surface area contributed by atoms with E-state index >= 15 is 0 Å². The molecule has 0 heterocycles. The fraction of sp³-hybridized carbons (Fsp3) is 0.500. The lowest BCUT2D eigenvalue weighted by Gasteiger charge is -2.24. The van der Waals surface area contributed by atoms with Crippen molar-refractivity contribution >= 4 is 11.6 Å². The van der Waals surface area contributed by atoms with Crippen LogP contribution < -0.4 is 10.6 Å². The molecule has 1 rings (SSSR count). The molecule has 0 aromatic heterocycles. The van der Waals surface area contributed by atoms with Gasteiger partial charge in [0.05, 0.1) is 12.2 Å². The Kier molecular flexibility index (Phi) is 5.76. The van der Waals surface area contributed by atoms with Crippen molar-refractivity contribution in [2.24, 2.45) is 5.73 Å². The monoisotopic (exact) mass is 267 g/mol. The molecule has 0 bridgehead atoms. The van der Waals surface area contributed by atoms with E-state index < -0.39 is 0 Å². The highest BCUT2D eigenvalue weighted by molar-refractivity contribution is 5.81. The lowest BCUT2D eigenvalue weighted by molar-refractivity contribution is -0.129. The molecule has 0 unspecified atom stereocenters. The standard InChI is InChI=1S/C14H22FN3O/c1-4-18(5-2)14(19)10-17(3)13-7-6-11(9-16)8-12(13)15/h6-8H,4-5,9-10,16H2,1-3H3. The van der Waals surface area contributed by atoms with Gasteiger partial charge in [0.1, 0.15) is 5.82 Å². The maximum absolute atomic E-state index is 13.9. The number of hydrogen-bond donors (Lipinski definition) is 1. The summed E-state index contributed by atoms with van der Waals surface area (Å²) >= 11 is 0. The van der Waals surface area contributed by atoms with E-state index in [0.717, 1.165) is 5.56 Å². The smallest absolute Gasteiger partial charge is 0.242 e. The van der Waals surface area contributed by atoms with Gasteiger partial charge < -0.3 is 15.5 Å². The van der Waals surface area contributed by atoms with Crippen molar-refractivity contribution in [3.63, 3.8) is 0 Å². The largest absolute Gasteiger partial charge is 0.363 e. The number of carbonyl (C=O) groups is 1. The Balaban J connectivity index is 2.78. The van der Waals surface area contributed by atoms with Crippen LogP contribution in [0.4, 0.5) is 10.1 Å². The molecule has 0 aliphatic rings. The number of anilines is 1. The van der Waals surface area contributed by atoms with E-state index in [1.54, 1.807) is 29.0 Å². The second kappa shape index (κ2) is 7.09. The third-order valence-corrected chi connectivity index (χ3v) is 3.15. The summed E-state index contributed by atoms with van der Waals surface area (Å²) in [6.07, 6.45) is 0. The highest BCUT2D eigenvalue weighted by Gasteiger charge is 2.15. The third kappa shape index (κ3) is 3.92.